The molecule has 188 valence electrons. The maximum absolute atomic E-state index is 15.4. The third-order valence-corrected chi connectivity index (χ3v) is 7.51. The molecule has 1 saturated carbocycles. The molecule has 1 amide bonds. The van der Waals surface area contributed by atoms with Crippen molar-refractivity contribution in [2.45, 2.75) is 38.0 Å². The number of halogens is 2. The van der Waals surface area contributed by atoms with Gasteiger partial charge in [0.15, 0.2) is 5.82 Å². The van der Waals surface area contributed by atoms with Crippen molar-refractivity contribution in [2.75, 3.05) is 42.2 Å². The molecule has 2 fully saturated rings. The van der Waals surface area contributed by atoms with Gasteiger partial charge in [0.1, 0.15) is 24.3 Å². The average Bonchev–Trinajstić information content (AvgIpc) is 2.82. The van der Waals surface area contributed by atoms with E-state index in [4.69, 9.17) is 10.5 Å². The molecule has 4 N–H and O–H groups in total. The Morgan fingerprint density at radius 3 is 2.75 bits per heavy atom. The molecule has 0 spiro atoms. The number of pyridine rings is 2. The number of nitrogens with one attached hydrogen (secondary N) is 1. The van der Waals surface area contributed by atoms with Gasteiger partial charge in [-0.25, -0.2) is 23.5 Å². The van der Waals surface area contributed by atoms with Gasteiger partial charge in [-0.15, -0.1) is 0 Å². The topological polar surface area (TPSA) is 117 Å². The zero-order valence-electron chi connectivity index (χ0n) is 19.7. The predicted octanol–water partition coefficient (Wildman–Crippen LogP) is 3.80. The molecule has 1 aliphatic carbocycles. The summed E-state index contributed by atoms with van der Waals surface area (Å²) in [5, 5.41) is 14.2. The van der Waals surface area contributed by atoms with E-state index in [2.05, 4.69) is 15.3 Å². The van der Waals surface area contributed by atoms with Gasteiger partial charge in [0, 0.05) is 60.6 Å². The molecule has 0 atom stereocenters. The number of amides is 1. The molecule has 9 nitrogen and oxygen atoms in total. The number of nitrogens with zero attached hydrogens (tertiary/aromatic N) is 4. The predicted molar refractivity (Wildman–Crippen MR) is 132 cm³/mol. The van der Waals surface area contributed by atoms with E-state index in [1.807, 2.05) is 11.8 Å². The summed E-state index contributed by atoms with van der Waals surface area (Å²) >= 11 is 0. The third kappa shape index (κ3) is 3.57. The van der Waals surface area contributed by atoms with E-state index in [0.717, 1.165) is 5.56 Å². The van der Waals surface area contributed by atoms with Crippen molar-refractivity contribution in [3.63, 3.8) is 0 Å². The van der Waals surface area contributed by atoms with Gasteiger partial charge in [-0.3, -0.25) is 9.80 Å². The second kappa shape index (κ2) is 8.44. The fraction of sp³-hybridized carbons (Fsp3) is 0.400. The number of rotatable bonds is 4. The van der Waals surface area contributed by atoms with Crippen LogP contribution in [0.4, 0.5) is 30.8 Å². The van der Waals surface area contributed by atoms with Crippen LogP contribution in [0.3, 0.4) is 0 Å². The Bertz CT molecular complexity index is 1370. The quantitative estimate of drug-likeness (QED) is 0.467. The second-order valence-electron chi connectivity index (χ2n) is 9.65. The maximum Gasteiger partial charge on any atom is 0.413 e. The van der Waals surface area contributed by atoms with Crippen LogP contribution in [0.2, 0.25) is 0 Å². The molecule has 6 rings (SSSR count). The molecule has 3 aliphatic rings. The average molecular weight is 497 g/mol. The highest BCUT2D eigenvalue weighted by Gasteiger charge is 2.44. The minimum atomic E-state index is -1.12. The van der Waals surface area contributed by atoms with Crippen molar-refractivity contribution in [1.82, 2.24) is 14.9 Å². The van der Waals surface area contributed by atoms with E-state index >= 15 is 4.39 Å². The minimum absolute atomic E-state index is 0.0629. The Hall–Kier alpha value is -3.73. The lowest BCUT2D eigenvalue weighted by Gasteiger charge is -2.50. The number of likely N-dealkylation sites (tertiary alicyclic amines) is 1. The summed E-state index contributed by atoms with van der Waals surface area (Å²) in [5.41, 5.74) is 8.43. The lowest BCUT2D eigenvalue weighted by Crippen LogP contribution is -2.62. The number of nitrogen functional groups attached to an aromatic ring is 1. The third-order valence-electron chi connectivity index (χ3n) is 7.51. The summed E-state index contributed by atoms with van der Waals surface area (Å²) in [6.45, 7) is 3.80. The molecule has 2 aliphatic heterocycles. The molecule has 0 bridgehead atoms. The Morgan fingerprint density at radius 1 is 1.25 bits per heavy atom. The number of carboxylic acid groups (broad SMARTS) is 1. The van der Waals surface area contributed by atoms with Crippen molar-refractivity contribution in [1.29, 1.82) is 0 Å². The van der Waals surface area contributed by atoms with E-state index in [1.54, 1.807) is 18.3 Å². The summed E-state index contributed by atoms with van der Waals surface area (Å²) in [4.78, 5) is 24.1. The number of alkyl halides is 1. The van der Waals surface area contributed by atoms with Crippen LogP contribution in [-0.2, 0) is 0 Å². The Morgan fingerprint density at radius 2 is 2.03 bits per heavy atom. The first-order chi connectivity index (χ1) is 17.3. The lowest BCUT2D eigenvalue weighted by atomic mass is 9.82. The SMILES string of the molecule is Cc1c(-c2cc3cc(N(C(=O)O)C4CC(N5CC(F)C5)C4)ncc3c(N)c2F)cnc2c1NCCO2. The van der Waals surface area contributed by atoms with Crippen molar-refractivity contribution in [2.24, 2.45) is 0 Å². The molecular weight excluding hydrogens is 470 g/mol. The molecule has 4 heterocycles. The van der Waals surface area contributed by atoms with Gasteiger partial charge in [-0.1, -0.05) is 0 Å². The summed E-state index contributed by atoms with van der Waals surface area (Å²) in [6, 6.07) is 3.20. The van der Waals surface area contributed by atoms with E-state index in [0.29, 0.717) is 67.0 Å². The smallest absolute Gasteiger partial charge is 0.413 e. The van der Waals surface area contributed by atoms with Crippen LogP contribution >= 0.6 is 0 Å². The molecular formula is C25H26F2N6O3. The molecule has 0 unspecified atom stereocenters. The van der Waals surface area contributed by atoms with Crippen LogP contribution in [0.5, 0.6) is 5.88 Å². The molecule has 3 aromatic rings. The molecule has 2 aromatic heterocycles. The van der Waals surface area contributed by atoms with Crippen LogP contribution in [0.15, 0.2) is 24.5 Å². The van der Waals surface area contributed by atoms with E-state index in [9.17, 15) is 14.3 Å². The van der Waals surface area contributed by atoms with Gasteiger partial charge in [-0.05, 0) is 42.8 Å². The number of benzene rings is 1. The van der Waals surface area contributed by atoms with Gasteiger partial charge in [0.25, 0.3) is 0 Å². The van der Waals surface area contributed by atoms with Gasteiger partial charge >= 0.3 is 6.09 Å². The Labute approximate surface area is 205 Å². The Balaban J connectivity index is 1.36. The first kappa shape index (κ1) is 22.7. The monoisotopic (exact) mass is 496 g/mol. The van der Waals surface area contributed by atoms with Crippen molar-refractivity contribution in [3.05, 3.63) is 35.9 Å². The van der Waals surface area contributed by atoms with Crippen LogP contribution in [0.1, 0.15) is 18.4 Å². The molecule has 36 heavy (non-hydrogen) atoms. The van der Waals surface area contributed by atoms with E-state index in [1.165, 1.54) is 11.1 Å². The largest absolute Gasteiger partial charge is 0.474 e. The number of nitrogens with two attached hydrogens (primary N) is 1. The molecule has 11 heteroatoms. The summed E-state index contributed by atoms with van der Waals surface area (Å²) in [5.74, 6) is 0.133. The van der Waals surface area contributed by atoms with Gasteiger partial charge in [0.05, 0.1) is 5.69 Å². The zero-order valence-corrected chi connectivity index (χ0v) is 19.7. The Kier molecular flexibility index (Phi) is 5.32. The standard InChI is InChI=1S/C25H26F2N6O3/c1-12-18(8-31-24-23(12)29-2-3-36-24)17-4-13-5-20(30-9-19(13)22(28)21(17)27)33(25(34)35)16-6-15(7-16)32-10-14(26)11-32/h4-5,8-9,14-16,29H,2-3,6-7,10-11,28H2,1H3,(H,34,35). The first-order valence-electron chi connectivity index (χ1n) is 12.0. The van der Waals surface area contributed by atoms with E-state index in [-0.39, 0.29) is 29.2 Å². The number of aromatic nitrogens is 2. The number of hydrogen-bond acceptors (Lipinski definition) is 7. The summed E-state index contributed by atoms with van der Waals surface area (Å²) in [6.07, 6.45) is 2.29. The minimum Gasteiger partial charge on any atom is -0.474 e. The van der Waals surface area contributed by atoms with E-state index < -0.39 is 18.1 Å². The maximum atomic E-state index is 15.4. The second-order valence-corrected chi connectivity index (χ2v) is 9.65. The zero-order chi connectivity index (χ0) is 25.1. The molecule has 1 saturated heterocycles. The highest BCUT2D eigenvalue weighted by atomic mass is 19.1. The van der Waals surface area contributed by atoms with Crippen molar-refractivity contribution < 1.29 is 23.4 Å². The number of anilines is 3. The number of fused-ring (bicyclic) bond motifs is 2. The molecule has 0 radical (unpaired) electrons. The normalized spacial score (nSPS) is 21.6. The van der Waals surface area contributed by atoms with Crippen molar-refractivity contribution >= 4 is 34.1 Å². The first-order valence-corrected chi connectivity index (χ1v) is 12.0. The molecule has 1 aromatic carbocycles. The van der Waals surface area contributed by atoms with Crippen molar-refractivity contribution in [3.8, 4) is 17.0 Å². The number of carbonyl (C=O) groups is 1. The summed E-state index contributed by atoms with van der Waals surface area (Å²) in [7, 11) is 0. The van der Waals surface area contributed by atoms with Gasteiger partial charge in [-0.2, -0.15) is 0 Å². The highest BCUT2D eigenvalue weighted by molar-refractivity contribution is 5.99. The van der Waals surface area contributed by atoms with Gasteiger partial charge < -0.3 is 20.9 Å². The van der Waals surface area contributed by atoms with Gasteiger partial charge in [0.2, 0.25) is 5.88 Å². The number of hydrogen-bond donors (Lipinski definition) is 3. The van der Waals surface area contributed by atoms with Crippen LogP contribution in [0.25, 0.3) is 21.9 Å². The lowest BCUT2D eigenvalue weighted by molar-refractivity contribution is -0.00885. The fourth-order valence-electron chi connectivity index (χ4n) is 5.37. The fourth-order valence-corrected chi connectivity index (χ4v) is 5.37. The van der Waals surface area contributed by atoms with Crippen LogP contribution < -0.4 is 20.7 Å². The number of ether oxygens (including phenoxy) is 1. The highest BCUT2D eigenvalue weighted by Crippen LogP contribution is 2.41. The van der Waals surface area contributed by atoms with Crippen LogP contribution in [-0.4, -0.2) is 70.6 Å². The summed E-state index contributed by atoms with van der Waals surface area (Å²) < 4.78 is 34.2. The van der Waals surface area contributed by atoms with Crippen LogP contribution in [0, 0.1) is 12.7 Å².